The molecule has 0 bridgehead atoms. The fourth-order valence-corrected chi connectivity index (χ4v) is 3.88. The van der Waals surface area contributed by atoms with Crippen LogP contribution >= 0.6 is 11.8 Å². The number of aliphatic imine (C=N–C) groups is 1. The smallest absolute Gasteiger partial charge is 0.286 e. The second kappa shape index (κ2) is 6.28. The number of likely N-dealkylation sites (tertiary alicyclic amines) is 1. The molecule has 1 aromatic carbocycles. The Balaban J connectivity index is 1.52. The summed E-state index contributed by atoms with van der Waals surface area (Å²) in [5.41, 5.74) is 0.931. The zero-order valence-electron chi connectivity index (χ0n) is 12.8. The van der Waals surface area contributed by atoms with E-state index in [2.05, 4.69) is 9.89 Å². The highest BCUT2D eigenvalue weighted by atomic mass is 32.2. The van der Waals surface area contributed by atoms with Crippen LogP contribution in [0.3, 0.4) is 0 Å². The first kappa shape index (κ1) is 14.6. The SMILES string of the molecule is O=C1N=C(N2CCCCC2)S/C1=C\c1ccc2c(c1)OCCO2. The summed E-state index contributed by atoms with van der Waals surface area (Å²) >= 11 is 1.47. The van der Waals surface area contributed by atoms with Crippen molar-refractivity contribution < 1.29 is 14.3 Å². The zero-order valence-corrected chi connectivity index (χ0v) is 13.6. The van der Waals surface area contributed by atoms with Crippen LogP contribution < -0.4 is 9.47 Å². The molecule has 4 rings (SSSR count). The Labute approximate surface area is 139 Å². The lowest BCUT2D eigenvalue weighted by Gasteiger charge is -2.27. The maximum Gasteiger partial charge on any atom is 0.286 e. The van der Waals surface area contributed by atoms with Crippen LogP contribution in [0.4, 0.5) is 0 Å². The summed E-state index contributed by atoms with van der Waals surface area (Å²) in [6.45, 7) is 3.13. The fourth-order valence-electron chi connectivity index (χ4n) is 2.92. The molecule has 1 aromatic rings. The Bertz CT molecular complexity index is 693. The number of nitrogens with zero attached hydrogens (tertiary/aromatic N) is 2. The third kappa shape index (κ3) is 3.08. The molecule has 3 aliphatic heterocycles. The average molecular weight is 330 g/mol. The number of hydrogen-bond acceptors (Lipinski definition) is 5. The number of carbonyl (C=O) groups excluding carboxylic acids is 1. The van der Waals surface area contributed by atoms with E-state index in [9.17, 15) is 4.79 Å². The van der Waals surface area contributed by atoms with Gasteiger partial charge in [-0.15, -0.1) is 0 Å². The largest absolute Gasteiger partial charge is 0.486 e. The third-order valence-corrected chi connectivity index (χ3v) is 5.14. The molecule has 0 N–H and O–H groups in total. The quantitative estimate of drug-likeness (QED) is 0.741. The van der Waals surface area contributed by atoms with E-state index in [0.29, 0.717) is 18.1 Å². The monoisotopic (exact) mass is 330 g/mol. The molecular formula is C17H18N2O3S. The summed E-state index contributed by atoms with van der Waals surface area (Å²) in [6.07, 6.45) is 5.50. The van der Waals surface area contributed by atoms with E-state index in [1.165, 1.54) is 31.0 Å². The lowest BCUT2D eigenvalue weighted by molar-refractivity contribution is -0.113. The van der Waals surface area contributed by atoms with Crippen molar-refractivity contribution in [2.75, 3.05) is 26.3 Å². The topological polar surface area (TPSA) is 51.1 Å². The van der Waals surface area contributed by atoms with Gasteiger partial charge in [0, 0.05) is 13.1 Å². The highest BCUT2D eigenvalue weighted by molar-refractivity contribution is 8.18. The van der Waals surface area contributed by atoms with Gasteiger partial charge in [-0.2, -0.15) is 4.99 Å². The van der Waals surface area contributed by atoms with Crippen molar-refractivity contribution in [2.45, 2.75) is 19.3 Å². The van der Waals surface area contributed by atoms with Crippen LogP contribution in [0.15, 0.2) is 28.1 Å². The highest BCUT2D eigenvalue weighted by Gasteiger charge is 2.27. The van der Waals surface area contributed by atoms with Gasteiger partial charge in [-0.05, 0) is 54.8 Å². The normalized spacial score (nSPS) is 22.4. The van der Waals surface area contributed by atoms with Crippen LogP contribution in [0.5, 0.6) is 11.5 Å². The summed E-state index contributed by atoms with van der Waals surface area (Å²) in [6, 6.07) is 5.73. The number of rotatable bonds is 1. The van der Waals surface area contributed by atoms with Crippen LogP contribution in [0.1, 0.15) is 24.8 Å². The first-order valence-corrected chi connectivity index (χ1v) is 8.78. The molecule has 1 saturated heterocycles. The average Bonchev–Trinajstić information content (AvgIpc) is 2.96. The minimum Gasteiger partial charge on any atom is -0.486 e. The number of piperidine rings is 1. The van der Waals surface area contributed by atoms with Gasteiger partial charge in [-0.25, -0.2) is 0 Å². The van der Waals surface area contributed by atoms with Crippen molar-refractivity contribution in [3.05, 3.63) is 28.7 Å². The van der Waals surface area contributed by atoms with Gasteiger partial charge >= 0.3 is 0 Å². The lowest BCUT2D eigenvalue weighted by Crippen LogP contribution is -2.33. The first-order valence-electron chi connectivity index (χ1n) is 7.97. The van der Waals surface area contributed by atoms with Crippen molar-refractivity contribution in [3.8, 4) is 11.5 Å². The number of carbonyl (C=O) groups is 1. The van der Waals surface area contributed by atoms with Crippen molar-refractivity contribution >= 4 is 28.9 Å². The lowest BCUT2D eigenvalue weighted by atomic mass is 10.1. The standard InChI is InChI=1S/C17H18N2O3S/c20-16-15(23-17(18-16)19-6-2-1-3-7-19)11-12-4-5-13-14(10-12)22-9-8-21-13/h4-5,10-11H,1-3,6-9H2/b15-11-. The summed E-state index contributed by atoms with van der Waals surface area (Å²) in [5.74, 6) is 1.35. The molecule has 0 atom stereocenters. The second-order valence-electron chi connectivity index (χ2n) is 5.76. The van der Waals surface area contributed by atoms with Gasteiger partial charge in [0.2, 0.25) is 0 Å². The molecule has 5 nitrogen and oxygen atoms in total. The molecule has 0 saturated carbocycles. The van der Waals surface area contributed by atoms with Crippen molar-refractivity contribution in [1.82, 2.24) is 4.90 Å². The second-order valence-corrected chi connectivity index (χ2v) is 6.77. The molecule has 0 spiro atoms. The number of hydrogen-bond donors (Lipinski definition) is 0. The summed E-state index contributed by atoms with van der Waals surface area (Å²) < 4.78 is 11.1. The molecule has 0 radical (unpaired) electrons. The Morgan fingerprint density at radius 1 is 1.09 bits per heavy atom. The van der Waals surface area contributed by atoms with Gasteiger partial charge in [0.25, 0.3) is 5.91 Å². The summed E-state index contributed by atoms with van der Waals surface area (Å²) in [5, 5.41) is 0.846. The predicted octanol–water partition coefficient (Wildman–Crippen LogP) is 2.91. The van der Waals surface area contributed by atoms with E-state index in [1.54, 1.807) is 0 Å². The molecule has 3 aliphatic rings. The molecule has 0 aliphatic carbocycles. The third-order valence-electron chi connectivity index (χ3n) is 4.10. The number of thioether (sulfide) groups is 1. The Morgan fingerprint density at radius 2 is 1.87 bits per heavy atom. The first-order chi connectivity index (χ1) is 11.3. The molecule has 0 aromatic heterocycles. The molecule has 1 amide bonds. The molecule has 1 fully saturated rings. The predicted molar refractivity (Wildman–Crippen MR) is 90.9 cm³/mol. The zero-order chi connectivity index (χ0) is 15.6. The number of amidine groups is 1. The van der Waals surface area contributed by atoms with Crippen molar-refractivity contribution in [1.29, 1.82) is 0 Å². The number of ether oxygens (including phenoxy) is 2. The van der Waals surface area contributed by atoms with Gasteiger partial charge in [-0.3, -0.25) is 4.79 Å². The van der Waals surface area contributed by atoms with Crippen LogP contribution in [-0.2, 0) is 4.79 Å². The van der Waals surface area contributed by atoms with E-state index in [-0.39, 0.29) is 5.91 Å². The molecule has 3 heterocycles. The molecular weight excluding hydrogens is 312 g/mol. The molecule has 23 heavy (non-hydrogen) atoms. The van der Waals surface area contributed by atoms with Gasteiger partial charge in [0.15, 0.2) is 16.7 Å². The van der Waals surface area contributed by atoms with Gasteiger partial charge in [0.05, 0.1) is 4.91 Å². The van der Waals surface area contributed by atoms with E-state index in [4.69, 9.17) is 9.47 Å². The number of fused-ring (bicyclic) bond motifs is 1. The van der Waals surface area contributed by atoms with Crippen LogP contribution in [-0.4, -0.2) is 42.3 Å². The van der Waals surface area contributed by atoms with Crippen LogP contribution in [0.2, 0.25) is 0 Å². The summed E-state index contributed by atoms with van der Waals surface area (Å²) in [4.78, 5) is 19.3. The van der Waals surface area contributed by atoms with E-state index < -0.39 is 0 Å². The van der Waals surface area contributed by atoms with E-state index in [1.807, 2.05) is 24.3 Å². The minimum atomic E-state index is -0.148. The van der Waals surface area contributed by atoms with Crippen LogP contribution in [0.25, 0.3) is 6.08 Å². The van der Waals surface area contributed by atoms with Gasteiger partial charge < -0.3 is 14.4 Å². The maximum absolute atomic E-state index is 12.2. The Kier molecular flexibility index (Phi) is 3.99. The van der Waals surface area contributed by atoms with E-state index in [0.717, 1.165) is 35.3 Å². The van der Waals surface area contributed by atoms with Crippen molar-refractivity contribution in [3.63, 3.8) is 0 Å². The molecule has 0 unspecified atom stereocenters. The van der Waals surface area contributed by atoms with Crippen molar-refractivity contribution in [2.24, 2.45) is 4.99 Å². The Hall–Kier alpha value is -1.95. The molecule has 120 valence electrons. The molecule has 6 heteroatoms. The number of benzene rings is 1. The summed E-state index contributed by atoms with van der Waals surface area (Å²) in [7, 11) is 0. The number of amides is 1. The van der Waals surface area contributed by atoms with Gasteiger partial charge in [0.1, 0.15) is 13.2 Å². The Morgan fingerprint density at radius 3 is 2.70 bits per heavy atom. The maximum atomic E-state index is 12.2. The fraction of sp³-hybridized carbons (Fsp3) is 0.412. The highest BCUT2D eigenvalue weighted by Crippen LogP contribution is 2.34. The van der Waals surface area contributed by atoms with Crippen LogP contribution in [0, 0.1) is 0 Å². The minimum absolute atomic E-state index is 0.148. The van der Waals surface area contributed by atoms with Gasteiger partial charge in [-0.1, -0.05) is 6.07 Å². The van der Waals surface area contributed by atoms with E-state index >= 15 is 0 Å².